The molecule has 0 saturated heterocycles. The number of halogens is 4. The lowest BCUT2D eigenvalue weighted by Crippen LogP contribution is -2.28. The first kappa shape index (κ1) is 26.0. The molecule has 0 saturated carbocycles. The summed E-state index contributed by atoms with van der Waals surface area (Å²) in [5, 5.41) is 6.30. The van der Waals surface area contributed by atoms with Crippen LogP contribution in [0.25, 0.3) is 11.1 Å². The zero-order valence-corrected chi connectivity index (χ0v) is 20.7. The van der Waals surface area contributed by atoms with E-state index in [-0.39, 0.29) is 17.5 Å². The molecule has 2 amide bonds. The molecule has 1 aromatic heterocycles. The van der Waals surface area contributed by atoms with Crippen molar-refractivity contribution in [2.24, 2.45) is 7.05 Å². The minimum Gasteiger partial charge on any atom is -0.344 e. The molecule has 0 bridgehead atoms. The van der Waals surface area contributed by atoms with E-state index in [0.717, 1.165) is 17.7 Å². The van der Waals surface area contributed by atoms with Crippen LogP contribution < -0.4 is 10.6 Å². The lowest BCUT2D eigenvalue weighted by Gasteiger charge is -2.14. The second kappa shape index (κ2) is 10.5. The van der Waals surface area contributed by atoms with Crippen molar-refractivity contribution < 1.29 is 22.8 Å². The summed E-state index contributed by atoms with van der Waals surface area (Å²) in [5.74, 6) is -0.779. The number of carbonyl (C=O) groups excluding carboxylic acids is 2. The molecule has 0 spiro atoms. The Morgan fingerprint density at radius 3 is 2.22 bits per heavy atom. The SMILES string of the molecule is C[C@H](NC(=O)c1cc(NC(=O)c2ccccc2-c2ccc(C(F)(F)F)cc2)cn1C)c1ccc(Cl)cc1. The van der Waals surface area contributed by atoms with E-state index in [1.54, 1.807) is 60.3 Å². The molecule has 1 atom stereocenters. The predicted octanol–water partition coefficient (Wildman–Crippen LogP) is 7.11. The van der Waals surface area contributed by atoms with Crippen molar-refractivity contribution >= 4 is 29.1 Å². The van der Waals surface area contributed by atoms with Crippen LogP contribution in [0.15, 0.2) is 85.1 Å². The normalized spacial score (nSPS) is 12.2. The van der Waals surface area contributed by atoms with E-state index in [4.69, 9.17) is 11.6 Å². The van der Waals surface area contributed by atoms with Crippen molar-refractivity contribution in [2.45, 2.75) is 19.1 Å². The first-order valence-corrected chi connectivity index (χ1v) is 11.7. The van der Waals surface area contributed by atoms with Gasteiger partial charge in [-0.05, 0) is 60.0 Å². The number of nitrogens with one attached hydrogen (secondary N) is 2. The Kier molecular flexibility index (Phi) is 7.40. The largest absolute Gasteiger partial charge is 0.416 e. The number of benzene rings is 3. The van der Waals surface area contributed by atoms with Gasteiger partial charge in [0.2, 0.25) is 0 Å². The molecule has 4 rings (SSSR count). The fourth-order valence-corrected chi connectivity index (χ4v) is 4.06. The Balaban J connectivity index is 1.50. The van der Waals surface area contributed by atoms with Gasteiger partial charge in [0, 0.05) is 23.8 Å². The molecule has 3 aromatic carbocycles. The average Bonchev–Trinajstić information content (AvgIpc) is 3.23. The highest BCUT2D eigenvalue weighted by atomic mass is 35.5. The summed E-state index contributed by atoms with van der Waals surface area (Å²) in [6, 6.07) is 19.7. The van der Waals surface area contributed by atoms with E-state index in [0.29, 0.717) is 27.5 Å². The van der Waals surface area contributed by atoms with Crippen molar-refractivity contribution in [3.05, 3.63) is 112 Å². The summed E-state index contributed by atoms with van der Waals surface area (Å²) in [4.78, 5) is 26.0. The summed E-state index contributed by atoms with van der Waals surface area (Å²) in [6.07, 6.45) is -2.83. The van der Waals surface area contributed by atoms with Crippen LogP contribution >= 0.6 is 11.6 Å². The van der Waals surface area contributed by atoms with Gasteiger partial charge in [0.25, 0.3) is 11.8 Å². The smallest absolute Gasteiger partial charge is 0.344 e. The number of amides is 2. The van der Waals surface area contributed by atoms with Crippen LogP contribution in [0, 0.1) is 0 Å². The zero-order chi connectivity index (χ0) is 26.7. The zero-order valence-electron chi connectivity index (χ0n) is 19.9. The molecule has 37 heavy (non-hydrogen) atoms. The van der Waals surface area contributed by atoms with Crippen LogP contribution in [0.3, 0.4) is 0 Å². The fraction of sp³-hybridized carbons (Fsp3) is 0.143. The van der Waals surface area contributed by atoms with Crippen molar-refractivity contribution in [2.75, 3.05) is 5.32 Å². The second-order valence-corrected chi connectivity index (χ2v) is 8.98. The highest BCUT2D eigenvalue weighted by Gasteiger charge is 2.30. The monoisotopic (exact) mass is 525 g/mol. The highest BCUT2D eigenvalue weighted by molar-refractivity contribution is 6.30. The first-order chi connectivity index (χ1) is 17.5. The maximum absolute atomic E-state index is 13.1. The van der Waals surface area contributed by atoms with Crippen LogP contribution in [-0.2, 0) is 13.2 Å². The van der Waals surface area contributed by atoms with Gasteiger partial charge in [-0.25, -0.2) is 0 Å². The van der Waals surface area contributed by atoms with Crippen molar-refractivity contribution in [3.8, 4) is 11.1 Å². The molecule has 0 radical (unpaired) electrons. The molecule has 1 heterocycles. The van der Waals surface area contributed by atoms with Crippen LogP contribution in [-0.4, -0.2) is 16.4 Å². The molecule has 9 heteroatoms. The van der Waals surface area contributed by atoms with E-state index in [1.807, 2.05) is 19.1 Å². The molecule has 0 aliphatic rings. The summed E-state index contributed by atoms with van der Waals surface area (Å²) in [5.41, 5.74) is 2.11. The standard InChI is InChI=1S/C28H23ClF3N3O2/c1-17(18-9-13-21(29)14-10-18)33-27(37)25-15-22(16-35(25)2)34-26(36)24-6-4-3-5-23(24)19-7-11-20(12-8-19)28(30,31)32/h3-17H,1-2H3,(H,33,37)(H,34,36)/t17-/m0/s1. The van der Waals surface area contributed by atoms with Crippen LogP contribution in [0.5, 0.6) is 0 Å². The third-order valence-corrected chi connectivity index (χ3v) is 6.16. The Labute approximate surface area is 216 Å². The maximum Gasteiger partial charge on any atom is 0.416 e. The first-order valence-electron chi connectivity index (χ1n) is 11.3. The number of nitrogens with zero attached hydrogens (tertiary/aromatic N) is 1. The van der Waals surface area contributed by atoms with Gasteiger partial charge in [-0.3, -0.25) is 9.59 Å². The highest BCUT2D eigenvalue weighted by Crippen LogP contribution is 2.32. The molecular weight excluding hydrogens is 503 g/mol. The van der Waals surface area contributed by atoms with Gasteiger partial charge in [0.1, 0.15) is 5.69 Å². The second-order valence-electron chi connectivity index (χ2n) is 8.55. The summed E-state index contributed by atoms with van der Waals surface area (Å²) < 4.78 is 40.4. The Morgan fingerprint density at radius 2 is 1.57 bits per heavy atom. The number of hydrogen-bond acceptors (Lipinski definition) is 2. The number of rotatable bonds is 6. The molecule has 5 nitrogen and oxygen atoms in total. The van der Waals surface area contributed by atoms with E-state index < -0.39 is 17.6 Å². The number of aryl methyl sites for hydroxylation is 1. The Bertz CT molecular complexity index is 1430. The number of alkyl halides is 3. The lowest BCUT2D eigenvalue weighted by molar-refractivity contribution is -0.137. The summed E-state index contributed by atoms with van der Waals surface area (Å²) >= 11 is 5.93. The van der Waals surface area contributed by atoms with Gasteiger partial charge in [-0.15, -0.1) is 0 Å². The number of aromatic nitrogens is 1. The predicted molar refractivity (Wildman–Crippen MR) is 138 cm³/mol. The quantitative estimate of drug-likeness (QED) is 0.282. The number of anilines is 1. The fourth-order valence-electron chi connectivity index (χ4n) is 3.93. The van der Waals surface area contributed by atoms with E-state index in [1.165, 1.54) is 12.1 Å². The Hall–Kier alpha value is -4.04. The van der Waals surface area contributed by atoms with Gasteiger partial charge in [-0.1, -0.05) is 54.1 Å². The molecule has 0 aliphatic carbocycles. The van der Waals surface area contributed by atoms with Gasteiger partial charge in [0.15, 0.2) is 0 Å². The number of hydrogen-bond donors (Lipinski definition) is 2. The van der Waals surface area contributed by atoms with Gasteiger partial charge >= 0.3 is 6.18 Å². The molecule has 0 fully saturated rings. The van der Waals surface area contributed by atoms with Crippen LogP contribution in [0.4, 0.5) is 18.9 Å². The van der Waals surface area contributed by atoms with Gasteiger partial charge in [-0.2, -0.15) is 13.2 Å². The minimum atomic E-state index is -4.45. The van der Waals surface area contributed by atoms with E-state index in [2.05, 4.69) is 10.6 Å². The topological polar surface area (TPSA) is 63.1 Å². The molecular formula is C28H23ClF3N3O2. The molecule has 0 aliphatic heterocycles. The van der Waals surface area contributed by atoms with E-state index >= 15 is 0 Å². The summed E-state index contributed by atoms with van der Waals surface area (Å²) in [6.45, 7) is 1.85. The lowest BCUT2D eigenvalue weighted by atomic mass is 9.98. The minimum absolute atomic E-state index is 0.270. The van der Waals surface area contributed by atoms with Crippen molar-refractivity contribution in [1.29, 1.82) is 0 Å². The average molecular weight is 526 g/mol. The van der Waals surface area contributed by atoms with Crippen molar-refractivity contribution in [3.63, 3.8) is 0 Å². The third-order valence-electron chi connectivity index (χ3n) is 5.91. The molecule has 0 unspecified atom stereocenters. The molecule has 2 N–H and O–H groups in total. The third kappa shape index (κ3) is 6.03. The molecule has 4 aromatic rings. The maximum atomic E-state index is 13.1. The van der Waals surface area contributed by atoms with Crippen LogP contribution in [0.1, 0.15) is 44.9 Å². The van der Waals surface area contributed by atoms with Crippen molar-refractivity contribution in [1.82, 2.24) is 9.88 Å². The Morgan fingerprint density at radius 1 is 0.919 bits per heavy atom. The van der Waals surface area contributed by atoms with Crippen LogP contribution in [0.2, 0.25) is 5.02 Å². The number of carbonyl (C=O) groups is 2. The van der Waals surface area contributed by atoms with Gasteiger partial charge < -0.3 is 15.2 Å². The van der Waals surface area contributed by atoms with E-state index in [9.17, 15) is 22.8 Å². The van der Waals surface area contributed by atoms with Gasteiger partial charge in [0.05, 0.1) is 17.3 Å². The molecule has 190 valence electrons. The summed E-state index contributed by atoms with van der Waals surface area (Å²) in [7, 11) is 1.69.